The first-order chi connectivity index (χ1) is 13.5. The number of amides is 3. The average Bonchev–Trinajstić information content (AvgIpc) is 3.12. The number of aliphatic hydroxyl groups excluding tert-OH is 1. The van der Waals surface area contributed by atoms with E-state index < -0.39 is 54.5 Å². The highest BCUT2D eigenvalue weighted by Crippen LogP contribution is 2.20. The Bertz CT molecular complexity index is 610. The number of nitrogens with two attached hydrogens (primary N) is 1. The summed E-state index contributed by atoms with van der Waals surface area (Å²) in [6, 6.07) is -3.97. The first-order valence-corrected chi connectivity index (χ1v) is 10.00. The Morgan fingerprint density at radius 1 is 1.10 bits per heavy atom. The summed E-state index contributed by atoms with van der Waals surface area (Å²) in [5.41, 5.74) is 5.80. The predicted molar refractivity (Wildman–Crippen MR) is 106 cm³/mol. The van der Waals surface area contributed by atoms with Crippen LogP contribution in [0.1, 0.15) is 47.0 Å². The monoisotopic (exact) mass is 414 g/mol. The standard InChI is InChI=1S/C19H34N4O6/c1-10(2)8-12(20)16(25)21-13(9-24)17(26)22-15(11(3)4)18(27)23-7-5-6-14(23)19(28)29/h10-15,24H,5-9,20H2,1-4H3,(H,21,25)(H,22,26)(H,28,29). The molecular formula is C19H34N4O6. The number of rotatable bonds is 10. The number of aliphatic carboxylic acids is 1. The van der Waals surface area contributed by atoms with Crippen molar-refractivity contribution in [2.75, 3.05) is 13.2 Å². The minimum Gasteiger partial charge on any atom is -0.480 e. The van der Waals surface area contributed by atoms with Crippen molar-refractivity contribution < 1.29 is 29.4 Å². The lowest BCUT2D eigenvalue weighted by molar-refractivity contribution is -0.150. The van der Waals surface area contributed by atoms with Gasteiger partial charge in [-0.3, -0.25) is 14.4 Å². The highest BCUT2D eigenvalue weighted by atomic mass is 16.4. The molecule has 10 heteroatoms. The molecule has 0 aromatic carbocycles. The van der Waals surface area contributed by atoms with Gasteiger partial charge in [-0.15, -0.1) is 0 Å². The molecule has 0 aromatic heterocycles. The van der Waals surface area contributed by atoms with E-state index >= 15 is 0 Å². The molecule has 166 valence electrons. The molecule has 1 saturated heterocycles. The van der Waals surface area contributed by atoms with Crippen molar-refractivity contribution >= 4 is 23.7 Å². The molecule has 1 heterocycles. The molecule has 3 amide bonds. The van der Waals surface area contributed by atoms with Gasteiger partial charge in [0.1, 0.15) is 18.1 Å². The molecule has 0 saturated carbocycles. The van der Waals surface area contributed by atoms with E-state index in [-0.39, 0.29) is 11.8 Å². The van der Waals surface area contributed by atoms with Gasteiger partial charge in [0.15, 0.2) is 0 Å². The molecule has 1 aliphatic heterocycles. The van der Waals surface area contributed by atoms with E-state index in [1.807, 2.05) is 13.8 Å². The molecule has 0 aromatic rings. The lowest BCUT2D eigenvalue weighted by Gasteiger charge is -2.30. The van der Waals surface area contributed by atoms with Crippen molar-refractivity contribution in [2.24, 2.45) is 17.6 Å². The number of nitrogens with zero attached hydrogens (tertiary/aromatic N) is 1. The highest BCUT2D eigenvalue weighted by molar-refractivity contribution is 5.94. The van der Waals surface area contributed by atoms with Crippen LogP contribution in [0.3, 0.4) is 0 Å². The zero-order chi connectivity index (χ0) is 22.3. The van der Waals surface area contributed by atoms with Crippen LogP contribution < -0.4 is 16.4 Å². The first kappa shape index (κ1) is 24.8. The fourth-order valence-corrected chi connectivity index (χ4v) is 3.32. The van der Waals surface area contributed by atoms with E-state index in [4.69, 9.17) is 5.73 Å². The second kappa shape index (κ2) is 11.1. The summed E-state index contributed by atoms with van der Waals surface area (Å²) < 4.78 is 0. The molecule has 0 bridgehead atoms. The number of likely N-dealkylation sites (tertiary alicyclic amines) is 1. The minimum atomic E-state index is -1.26. The molecule has 1 rings (SSSR count). The first-order valence-electron chi connectivity index (χ1n) is 10.00. The van der Waals surface area contributed by atoms with Gasteiger partial charge in [-0.05, 0) is 31.1 Å². The van der Waals surface area contributed by atoms with Crippen LogP contribution >= 0.6 is 0 Å². The maximum absolute atomic E-state index is 12.9. The maximum atomic E-state index is 12.9. The Kier molecular flexibility index (Phi) is 9.51. The third-order valence-electron chi connectivity index (χ3n) is 4.93. The van der Waals surface area contributed by atoms with Crippen LogP contribution in [0.2, 0.25) is 0 Å². The lowest BCUT2D eigenvalue weighted by atomic mass is 10.0. The van der Waals surface area contributed by atoms with Crippen LogP contribution in [0.15, 0.2) is 0 Å². The summed E-state index contributed by atoms with van der Waals surface area (Å²) in [4.78, 5) is 50.3. The van der Waals surface area contributed by atoms with E-state index in [0.29, 0.717) is 25.8 Å². The van der Waals surface area contributed by atoms with Crippen LogP contribution in [0, 0.1) is 11.8 Å². The molecule has 1 aliphatic rings. The minimum absolute atomic E-state index is 0.183. The van der Waals surface area contributed by atoms with Crippen LogP contribution in [0.25, 0.3) is 0 Å². The maximum Gasteiger partial charge on any atom is 0.326 e. The second-order valence-electron chi connectivity index (χ2n) is 8.24. The topological polar surface area (TPSA) is 162 Å². The van der Waals surface area contributed by atoms with Crippen LogP contribution in [0.5, 0.6) is 0 Å². The number of aliphatic hydroxyl groups is 1. The van der Waals surface area contributed by atoms with Gasteiger partial charge in [0.25, 0.3) is 0 Å². The molecule has 4 unspecified atom stereocenters. The number of nitrogens with one attached hydrogen (secondary N) is 2. The number of carboxylic acid groups (broad SMARTS) is 1. The van der Waals surface area contributed by atoms with Crippen molar-refractivity contribution in [2.45, 2.75) is 71.1 Å². The Morgan fingerprint density at radius 3 is 2.21 bits per heavy atom. The SMILES string of the molecule is CC(C)CC(N)C(=O)NC(CO)C(=O)NC(C(=O)N1CCCC1C(=O)O)C(C)C. The van der Waals surface area contributed by atoms with Crippen LogP contribution in [-0.4, -0.2) is 76.1 Å². The van der Waals surface area contributed by atoms with Gasteiger partial charge < -0.3 is 31.5 Å². The number of carbonyl (C=O) groups is 4. The molecule has 29 heavy (non-hydrogen) atoms. The number of hydrogen-bond donors (Lipinski definition) is 5. The molecule has 6 N–H and O–H groups in total. The fraction of sp³-hybridized carbons (Fsp3) is 0.789. The van der Waals surface area contributed by atoms with E-state index in [1.165, 1.54) is 4.90 Å². The molecular weight excluding hydrogens is 380 g/mol. The Labute approximate surface area is 171 Å². The van der Waals surface area contributed by atoms with Gasteiger partial charge in [-0.1, -0.05) is 27.7 Å². The van der Waals surface area contributed by atoms with Crippen molar-refractivity contribution in [3.63, 3.8) is 0 Å². The quantitative estimate of drug-likeness (QED) is 0.308. The fourth-order valence-electron chi connectivity index (χ4n) is 3.32. The summed E-state index contributed by atoms with van der Waals surface area (Å²) in [6.45, 7) is 6.90. The summed E-state index contributed by atoms with van der Waals surface area (Å²) >= 11 is 0. The summed E-state index contributed by atoms with van der Waals surface area (Å²) in [6.07, 6.45) is 1.36. The normalized spacial score (nSPS) is 19.7. The van der Waals surface area contributed by atoms with Crippen molar-refractivity contribution in [1.82, 2.24) is 15.5 Å². The zero-order valence-electron chi connectivity index (χ0n) is 17.6. The van der Waals surface area contributed by atoms with Gasteiger partial charge in [0.05, 0.1) is 12.6 Å². The number of hydrogen-bond acceptors (Lipinski definition) is 6. The average molecular weight is 415 g/mol. The summed E-state index contributed by atoms with van der Waals surface area (Å²) in [5, 5.41) is 23.8. The van der Waals surface area contributed by atoms with E-state index in [9.17, 15) is 29.4 Å². The molecule has 4 atom stereocenters. The highest BCUT2D eigenvalue weighted by Gasteiger charge is 2.39. The number of carbonyl (C=O) groups excluding carboxylic acids is 3. The molecule has 10 nitrogen and oxygen atoms in total. The van der Waals surface area contributed by atoms with Gasteiger partial charge in [-0.2, -0.15) is 0 Å². The summed E-state index contributed by atoms with van der Waals surface area (Å²) in [7, 11) is 0. The van der Waals surface area contributed by atoms with Crippen molar-refractivity contribution in [3.05, 3.63) is 0 Å². The molecule has 0 aliphatic carbocycles. The second-order valence-corrected chi connectivity index (χ2v) is 8.24. The van der Waals surface area contributed by atoms with Crippen molar-refractivity contribution in [1.29, 1.82) is 0 Å². The van der Waals surface area contributed by atoms with Gasteiger partial charge in [0.2, 0.25) is 17.7 Å². The van der Waals surface area contributed by atoms with E-state index in [2.05, 4.69) is 10.6 Å². The van der Waals surface area contributed by atoms with Gasteiger partial charge in [-0.25, -0.2) is 4.79 Å². The van der Waals surface area contributed by atoms with Crippen LogP contribution in [-0.2, 0) is 19.2 Å². The van der Waals surface area contributed by atoms with Gasteiger partial charge >= 0.3 is 5.97 Å². The Balaban J connectivity index is 2.83. The van der Waals surface area contributed by atoms with Crippen LogP contribution in [0.4, 0.5) is 0 Å². The van der Waals surface area contributed by atoms with Crippen molar-refractivity contribution in [3.8, 4) is 0 Å². The zero-order valence-corrected chi connectivity index (χ0v) is 17.6. The molecule has 0 spiro atoms. The lowest BCUT2D eigenvalue weighted by Crippen LogP contribution is -2.59. The van der Waals surface area contributed by atoms with E-state index in [0.717, 1.165) is 0 Å². The third kappa shape index (κ3) is 6.97. The Hall–Kier alpha value is -2.20. The predicted octanol–water partition coefficient (Wildman–Crippen LogP) is -0.947. The summed E-state index contributed by atoms with van der Waals surface area (Å²) in [5.74, 6) is -2.99. The molecule has 1 fully saturated rings. The van der Waals surface area contributed by atoms with Gasteiger partial charge in [0, 0.05) is 6.54 Å². The largest absolute Gasteiger partial charge is 0.480 e. The third-order valence-corrected chi connectivity index (χ3v) is 4.93. The number of carboxylic acids is 1. The van der Waals surface area contributed by atoms with E-state index in [1.54, 1.807) is 13.8 Å². The molecule has 0 radical (unpaired) electrons. The Morgan fingerprint density at radius 2 is 1.72 bits per heavy atom. The smallest absolute Gasteiger partial charge is 0.326 e.